The predicted molar refractivity (Wildman–Crippen MR) is 73.6 cm³/mol. The highest BCUT2D eigenvalue weighted by Crippen LogP contribution is 2.17. The van der Waals surface area contributed by atoms with Gasteiger partial charge < -0.3 is 10.1 Å². The molecule has 0 aromatic heterocycles. The van der Waals surface area contributed by atoms with E-state index >= 15 is 0 Å². The summed E-state index contributed by atoms with van der Waals surface area (Å²) in [6.45, 7) is 4.73. The van der Waals surface area contributed by atoms with Crippen molar-refractivity contribution < 1.29 is 4.74 Å². The number of benzene rings is 1. The maximum absolute atomic E-state index is 9.17. The highest BCUT2D eigenvalue weighted by molar-refractivity contribution is 5.26. The molecule has 0 fully saturated rings. The lowest BCUT2D eigenvalue weighted by atomic mass is 9.92. The molecule has 0 spiro atoms. The minimum absolute atomic E-state index is 0.406. The molecule has 1 aromatic carbocycles. The van der Waals surface area contributed by atoms with E-state index in [-0.39, 0.29) is 0 Å². The first-order valence-electron chi connectivity index (χ1n) is 6.45. The summed E-state index contributed by atoms with van der Waals surface area (Å²) in [6, 6.07) is 10.4. The van der Waals surface area contributed by atoms with Gasteiger partial charge in [0.15, 0.2) is 0 Å². The second kappa shape index (κ2) is 7.03. The molecule has 0 aliphatic carbocycles. The summed E-state index contributed by atoms with van der Waals surface area (Å²) in [5, 5.41) is 12.3. The van der Waals surface area contributed by atoms with Crippen LogP contribution in [0.25, 0.3) is 0 Å². The van der Waals surface area contributed by atoms with Crippen LogP contribution in [0.5, 0.6) is 5.75 Å². The fourth-order valence-electron chi connectivity index (χ4n) is 1.87. The molecule has 0 bridgehead atoms. The Bertz CT molecular complexity index is 388. The Labute approximate surface area is 110 Å². The Kier molecular flexibility index (Phi) is 5.67. The summed E-state index contributed by atoms with van der Waals surface area (Å²) in [7, 11) is 1.84. The Balaban J connectivity index is 2.34. The third-order valence-corrected chi connectivity index (χ3v) is 3.33. The summed E-state index contributed by atoms with van der Waals surface area (Å²) in [6.07, 6.45) is 2.49. The van der Waals surface area contributed by atoms with E-state index in [0.717, 1.165) is 25.0 Å². The van der Waals surface area contributed by atoms with Gasteiger partial charge in [0.2, 0.25) is 0 Å². The van der Waals surface area contributed by atoms with Crippen LogP contribution in [-0.2, 0) is 0 Å². The fraction of sp³-hybridized carbons (Fsp3) is 0.533. The zero-order valence-electron chi connectivity index (χ0n) is 11.5. The van der Waals surface area contributed by atoms with Crippen LogP contribution in [0.4, 0.5) is 0 Å². The number of ether oxygens (including phenoxy) is 1. The van der Waals surface area contributed by atoms with Gasteiger partial charge in [-0.3, -0.25) is 0 Å². The van der Waals surface area contributed by atoms with Crippen LogP contribution in [0.2, 0.25) is 0 Å². The summed E-state index contributed by atoms with van der Waals surface area (Å²) >= 11 is 0. The molecule has 0 amide bonds. The van der Waals surface area contributed by atoms with Crippen molar-refractivity contribution in [3.63, 3.8) is 0 Å². The molecule has 1 unspecified atom stereocenters. The highest BCUT2D eigenvalue weighted by Gasteiger charge is 2.24. The van der Waals surface area contributed by atoms with Crippen molar-refractivity contribution in [2.75, 3.05) is 13.7 Å². The summed E-state index contributed by atoms with van der Waals surface area (Å²) in [4.78, 5) is 0. The second-order valence-electron chi connectivity index (χ2n) is 4.56. The van der Waals surface area contributed by atoms with Crippen LogP contribution in [0.3, 0.4) is 0 Å². The van der Waals surface area contributed by atoms with Crippen molar-refractivity contribution in [3.8, 4) is 11.8 Å². The van der Waals surface area contributed by atoms with Crippen LogP contribution in [0.1, 0.15) is 31.7 Å². The summed E-state index contributed by atoms with van der Waals surface area (Å²) < 4.78 is 5.65. The molecule has 0 saturated heterocycles. The van der Waals surface area contributed by atoms with Gasteiger partial charge in [0.1, 0.15) is 11.3 Å². The van der Waals surface area contributed by atoms with Crippen LogP contribution < -0.4 is 10.1 Å². The number of nitrogens with zero attached hydrogens (tertiary/aromatic N) is 1. The molecule has 18 heavy (non-hydrogen) atoms. The van der Waals surface area contributed by atoms with Crippen molar-refractivity contribution in [2.24, 2.45) is 0 Å². The van der Waals surface area contributed by atoms with Gasteiger partial charge in [0.05, 0.1) is 12.7 Å². The van der Waals surface area contributed by atoms with E-state index in [1.54, 1.807) is 0 Å². The average molecular weight is 246 g/mol. The van der Waals surface area contributed by atoms with Crippen molar-refractivity contribution in [1.82, 2.24) is 5.32 Å². The van der Waals surface area contributed by atoms with Crippen molar-refractivity contribution >= 4 is 0 Å². The molecule has 3 heteroatoms. The standard InChI is InChI=1S/C15H22N2O/c1-4-15(12-16,17-3)10-5-11-18-14-8-6-13(2)7-9-14/h6-9,17H,4-5,10-11H2,1-3H3. The second-order valence-corrected chi connectivity index (χ2v) is 4.56. The number of hydrogen-bond acceptors (Lipinski definition) is 3. The maximum Gasteiger partial charge on any atom is 0.119 e. The smallest absolute Gasteiger partial charge is 0.119 e. The number of aryl methyl sites for hydroxylation is 1. The monoisotopic (exact) mass is 246 g/mol. The number of hydrogen-bond donors (Lipinski definition) is 1. The number of nitriles is 1. The Morgan fingerprint density at radius 1 is 1.33 bits per heavy atom. The molecule has 3 nitrogen and oxygen atoms in total. The van der Waals surface area contributed by atoms with E-state index in [1.807, 2.05) is 38.2 Å². The molecular weight excluding hydrogens is 224 g/mol. The molecule has 98 valence electrons. The van der Waals surface area contributed by atoms with Gasteiger partial charge in [-0.05, 0) is 45.4 Å². The van der Waals surface area contributed by atoms with Gasteiger partial charge in [-0.1, -0.05) is 24.6 Å². The Morgan fingerprint density at radius 2 is 2.00 bits per heavy atom. The minimum Gasteiger partial charge on any atom is -0.494 e. The molecule has 1 aromatic rings. The largest absolute Gasteiger partial charge is 0.494 e. The molecule has 0 radical (unpaired) electrons. The predicted octanol–water partition coefficient (Wildman–Crippen LogP) is 3.05. The molecule has 1 atom stereocenters. The molecular formula is C15H22N2O. The summed E-state index contributed by atoms with van der Waals surface area (Å²) in [5.74, 6) is 0.893. The zero-order valence-corrected chi connectivity index (χ0v) is 11.5. The quantitative estimate of drug-likeness (QED) is 0.752. The molecule has 0 aliphatic rings. The van der Waals surface area contributed by atoms with E-state index in [2.05, 4.69) is 18.3 Å². The highest BCUT2D eigenvalue weighted by atomic mass is 16.5. The normalized spacial score (nSPS) is 13.7. The number of rotatable bonds is 7. The van der Waals surface area contributed by atoms with E-state index in [0.29, 0.717) is 6.61 Å². The van der Waals surface area contributed by atoms with E-state index in [9.17, 15) is 5.26 Å². The van der Waals surface area contributed by atoms with Crippen molar-refractivity contribution in [1.29, 1.82) is 5.26 Å². The first kappa shape index (κ1) is 14.5. The van der Waals surface area contributed by atoms with Gasteiger partial charge in [0, 0.05) is 0 Å². The minimum atomic E-state index is -0.406. The van der Waals surface area contributed by atoms with E-state index < -0.39 is 5.54 Å². The maximum atomic E-state index is 9.17. The van der Waals surface area contributed by atoms with Gasteiger partial charge in [-0.25, -0.2) is 0 Å². The molecule has 0 saturated carbocycles. The van der Waals surface area contributed by atoms with Gasteiger partial charge in [-0.2, -0.15) is 5.26 Å². The Hall–Kier alpha value is -1.53. The van der Waals surface area contributed by atoms with Crippen molar-refractivity contribution in [2.45, 2.75) is 38.6 Å². The molecule has 1 N–H and O–H groups in total. The Morgan fingerprint density at radius 3 is 2.50 bits per heavy atom. The molecule has 0 aliphatic heterocycles. The van der Waals surface area contributed by atoms with Crippen LogP contribution in [0, 0.1) is 18.3 Å². The van der Waals surface area contributed by atoms with Gasteiger partial charge in [0.25, 0.3) is 0 Å². The van der Waals surface area contributed by atoms with Crippen LogP contribution in [-0.4, -0.2) is 19.2 Å². The number of nitrogens with one attached hydrogen (secondary N) is 1. The third-order valence-electron chi connectivity index (χ3n) is 3.33. The third kappa shape index (κ3) is 4.05. The lowest BCUT2D eigenvalue weighted by Crippen LogP contribution is -2.41. The molecule has 1 rings (SSSR count). The average Bonchev–Trinajstić information content (AvgIpc) is 2.42. The topological polar surface area (TPSA) is 45.0 Å². The molecule has 0 heterocycles. The van der Waals surface area contributed by atoms with Gasteiger partial charge in [-0.15, -0.1) is 0 Å². The lowest BCUT2D eigenvalue weighted by molar-refractivity contribution is 0.281. The zero-order chi connectivity index (χ0) is 13.4. The van der Waals surface area contributed by atoms with Crippen LogP contribution >= 0.6 is 0 Å². The first-order chi connectivity index (χ1) is 8.65. The van der Waals surface area contributed by atoms with Gasteiger partial charge >= 0.3 is 0 Å². The van der Waals surface area contributed by atoms with Crippen LogP contribution in [0.15, 0.2) is 24.3 Å². The fourth-order valence-corrected chi connectivity index (χ4v) is 1.87. The van der Waals surface area contributed by atoms with E-state index in [1.165, 1.54) is 5.56 Å². The van der Waals surface area contributed by atoms with Crippen molar-refractivity contribution in [3.05, 3.63) is 29.8 Å². The lowest BCUT2D eigenvalue weighted by Gasteiger charge is -2.24. The summed E-state index contributed by atoms with van der Waals surface area (Å²) in [5.41, 5.74) is 0.823. The van der Waals surface area contributed by atoms with E-state index in [4.69, 9.17) is 4.74 Å². The first-order valence-corrected chi connectivity index (χ1v) is 6.45. The SMILES string of the molecule is CCC(C#N)(CCCOc1ccc(C)cc1)NC.